The molecule has 2 atom stereocenters. The Bertz CT molecular complexity index is 969. The maximum Gasteiger partial charge on any atom is 0.133 e. The maximum atomic E-state index is 14.5. The number of para-hydroxylation sites is 1. The van der Waals surface area contributed by atoms with Gasteiger partial charge in [0.1, 0.15) is 23.8 Å². The summed E-state index contributed by atoms with van der Waals surface area (Å²) in [5, 5.41) is 6.59. The van der Waals surface area contributed by atoms with E-state index in [4.69, 9.17) is 0 Å². The Hall–Kier alpha value is -3.02. The van der Waals surface area contributed by atoms with E-state index in [9.17, 15) is 8.78 Å². The van der Waals surface area contributed by atoms with Crippen molar-refractivity contribution in [1.82, 2.24) is 9.97 Å². The summed E-state index contributed by atoms with van der Waals surface area (Å²) < 4.78 is 29.0. The molecule has 124 valence electrons. The number of hydrogen-bond donors (Lipinski definition) is 2. The molecule has 0 fully saturated rings. The van der Waals surface area contributed by atoms with Gasteiger partial charge in [-0.25, -0.2) is 18.7 Å². The first-order valence-corrected chi connectivity index (χ1v) is 8.12. The van der Waals surface area contributed by atoms with Crippen LogP contribution < -0.4 is 10.6 Å². The van der Waals surface area contributed by atoms with Crippen molar-refractivity contribution in [3.8, 4) is 11.3 Å². The number of nitrogens with zero attached hydrogens (tertiary/aromatic N) is 2. The minimum Gasteiger partial charge on any atom is -0.377 e. The second-order valence-corrected chi connectivity index (χ2v) is 6.27. The number of rotatable bonds is 1. The van der Waals surface area contributed by atoms with Crippen molar-refractivity contribution >= 4 is 11.5 Å². The predicted molar refractivity (Wildman–Crippen MR) is 91.4 cm³/mol. The van der Waals surface area contributed by atoms with Crippen molar-refractivity contribution in [3.63, 3.8) is 0 Å². The minimum absolute atomic E-state index is 0.0497. The van der Waals surface area contributed by atoms with Gasteiger partial charge in [0.2, 0.25) is 0 Å². The number of aromatic nitrogens is 2. The molecular formula is C19H14F2N4. The van der Waals surface area contributed by atoms with Crippen molar-refractivity contribution in [2.45, 2.75) is 12.0 Å². The van der Waals surface area contributed by atoms with E-state index in [1.807, 2.05) is 24.3 Å². The molecule has 1 aromatic heterocycles. The number of fused-ring (bicyclic) bond motifs is 2. The number of benzene rings is 2. The lowest BCUT2D eigenvalue weighted by Crippen LogP contribution is -2.22. The molecule has 2 unspecified atom stereocenters. The van der Waals surface area contributed by atoms with Crippen molar-refractivity contribution in [3.05, 3.63) is 71.6 Å². The molecule has 0 saturated heterocycles. The van der Waals surface area contributed by atoms with Crippen LogP contribution in [0.3, 0.4) is 0 Å². The highest BCUT2D eigenvalue weighted by molar-refractivity contribution is 5.83. The molecule has 6 heteroatoms. The summed E-state index contributed by atoms with van der Waals surface area (Å²) in [4.78, 5) is 8.77. The zero-order valence-electron chi connectivity index (χ0n) is 13.1. The quantitative estimate of drug-likeness (QED) is 0.702. The molecule has 3 aromatic rings. The Morgan fingerprint density at radius 3 is 2.56 bits per heavy atom. The van der Waals surface area contributed by atoms with Crippen LogP contribution in [0.5, 0.6) is 0 Å². The Labute approximate surface area is 142 Å². The van der Waals surface area contributed by atoms with E-state index in [0.29, 0.717) is 6.54 Å². The van der Waals surface area contributed by atoms with Gasteiger partial charge >= 0.3 is 0 Å². The van der Waals surface area contributed by atoms with Crippen LogP contribution in [0.15, 0.2) is 48.8 Å². The van der Waals surface area contributed by atoms with Crippen LogP contribution in [0, 0.1) is 11.6 Å². The van der Waals surface area contributed by atoms with Crippen LogP contribution in [0.25, 0.3) is 11.3 Å². The molecule has 0 saturated carbocycles. The van der Waals surface area contributed by atoms with Gasteiger partial charge in [-0.2, -0.15) is 0 Å². The van der Waals surface area contributed by atoms with Gasteiger partial charge in [-0.05, 0) is 18.2 Å². The first kappa shape index (κ1) is 14.3. The number of halogens is 2. The zero-order chi connectivity index (χ0) is 17.0. The van der Waals surface area contributed by atoms with Gasteiger partial charge in [0.05, 0.1) is 11.7 Å². The summed E-state index contributed by atoms with van der Waals surface area (Å²) in [6.07, 6.45) is 1.52. The van der Waals surface area contributed by atoms with Gasteiger partial charge in [-0.3, -0.25) is 0 Å². The minimum atomic E-state index is -0.552. The largest absolute Gasteiger partial charge is 0.377 e. The van der Waals surface area contributed by atoms with E-state index >= 15 is 0 Å². The summed E-state index contributed by atoms with van der Waals surface area (Å²) in [6.45, 7) is 0.542. The van der Waals surface area contributed by atoms with E-state index < -0.39 is 17.7 Å². The van der Waals surface area contributed by atoms with Crippen LogP contribution in [0.4, 0.5) is 20.3 Å². The highest BCUT2D eigenvalue weighted by atomic mass is 19.1. The summed E-state index contributed by atoms with van der Waals surface area (Å²) in [5.74, 6) is -0.548. The molecule has 2 aromatic carbocycles. The van der Waals surface area contributed by atoms with E-state index in [1.165, 1.54) is 24.5 Å². The Morgan fingerprint density at radius 1 is 0.920 bits per heavy atom. The van der Waals surface area contributed by atoms with Gasteiger partial charge in [-0.15, -0.1) is 0 Å². The molecule has 0 bridgehead atoms. The number of anilines is 2. The Kier molecular flexibility index (Phi) is 3.00. The molecule has 2 aliphatic heterocycles. The lowest BCUT2D eigenvalue weighted by molar-refractivity contribution is 0.511. The molecule has 5 rings (SSSR count). The normalized spacial score (nSPS) is 20.1. The molecule has 25 heavy (non-hydrogen) atoms. The molecule has 2 N–H and O–H groups in total. The van der Waals surface area contributed by atoms with Crippen molar-refractivity contribution < 1.29 is 8.78 Å². The summed E-state index contributed by atoms with van der Waals surface area (Å²) in [6, 6.07) is 11.1. The van der Waals surface area contributed by atoms with Crippen LogP contribution in [0.2, 0.25) is 0 Å². The SMILES string of the molecule is Fc1cccc(F)c1C1Nc2ccccc2-c2ncnc3c2C1CN3. The second kappa shape index (κ2) is 5.24. The topological polar surface area (TPSA) is 49.8 Å². The molecule has 0 spiro atoms. The number of nitrogens with one attached hydrogen (secondary N) is 2. The third-order valence-corrected chi connectivity index (χ3v) is 4.95. The highest BCUT2D eigenvalue weighted by Crippen LogP contribution is 2.49. The van der Waals surface area contributed by atoms with Gasteiger partial charge < -0.3 is 10.6 Å². The monoisotopic (exact) mass is 336 g/mol. The van der Waals surface area contributed by atoms with Crippen molar-refractivity contribution in [1.29, 1.82) is 0 Å². The van der Waals surface area contributed by atoms with Gasteiger partial charge in [-0.1, -0.05) is 24.3 Å². The lowest BCUT2D eigenvalue weighted by atomic mass is 9.88. The fourth-order valence-electron chi connectivity index (χ4n) is 3.86. The molecule has 3 heterocycles. The third-order valence-electron chi connectivity index (χ3n) is 4.95. The summed E-state index contributed by atoms with van der Waals surface area (Å²) >= 11 is 0. The van der Waals surface area contributed by atoms with Gasteiger partial charge in [0.25, 0.3) is 0 Å². The smallest absolute Gasteiger partial charge is 0.133 e. The first-order chi connectivity index (χ1) is 12.2. The third kappa shape index (κ3) is 2.03. The average Bonchev–Trinajstić information content (AvgIpc) is 2.99. The highest BCUT2D eigenvalue weighted by Gasteiger charge is 2.39. The lowest BCUT2D eigenvalue weighted by Gasteiger charge is -2.25. The standard InChI is InChI=1S/C19H14F2N4/c20-12-5-3-6-13(21)16(12)18-11-8-22-19-15(11)17(23-9-24-19)10-4-1-2-7-14(10)25-18/h1-7,9,11,18,25H,8H2,(H,22,23,24). The zero-order valence-corrected chi connectivity index (χ0v) is 13.1. The van der Waals surface area contributed by atoms with E-state index in [0.717, 1.165) is 28.3 Å². The summed E-state index contributed by atoms with van der Waals surface area (Å²) in [7, 11) is 0. The molecule has 2 aliphatic rings. The molecule has 0 aliphatic carbocycles. The first-order valence-electron chi connectivity index (χ1n) is 8.12. The van der Waals surface area contributed by atoms with E-state index in [-0.39, 0.29) is 11.5 Å². The fourth-order valence-corrected chi connectivity index (χ4v) is 3.86. The van der Waals surface area contributed by atoms with Crippen LogP contribution >= 0.6 is 0 Å². The Balaban J connectivity index is 1.80. The van der Waals surface area contributed by atoms with Gasteiger partial charge in [0.15, 0.2) is 0 Å². The molecule has 4 nitrogen and oxygen atoms in total. The van der Waals surface area contributed by atoms with E-state index in [1.54, 1.807) is 0 Å². The van der Waals surface area contributed by atoms with Crippen molar-refractivity contribution in [2.75, 3.05) is 17.2 Å². The van der Waals surface area contributed by atoms with Gasteiger partial charge in [0, 0.05) is 34.8 Å². The molecule has 0 amide bonds. The number of hydrogen-bond acceptors (Lipinski definition) is 4. The molecule has 0 radical (unpaired) electrons. The molecular weight excluding hydrogens is 322 g/mol. The fraction of sp³-hybridized carbons (Fsp3) is 0.158. The maximum absolute atomic E-state index is 14.5. The Morgan fingerprint density at radius 2 is 1.72 bits per heavy atom. The van der Waals surface area contributed by atoms with E-state index in [2.05, 4.69) is 20.6 Å². The van der Waals surface area contributed by atoms with Crippen LogP contribution in [-0.4, -0.2) is 16.5 Å². The van der Waals surface area contributed by atoms with Crippen LogP contribution in [-0.2, 0) is 0 Å². The summed E-state index contributed by atoms with van der Waals surface area (Å²) in [5.41, 5.74) is 3.49. The predicted octanol–water partition coefficient (Wildman–Crippen LogP) is 4.10. The van der Waals surface area contributed by atoms with Crippen molar-refractivity contribution in [2.24, 2.45) is 0 Å². The second-order valence-electron chi connectivity index (χ2n) is 6.27. The van der Waals surface area contributed by atoms with Crippen LogP contribution in [0.1, 0.15) is 23.1 Å². The average molecular weight is 336 g/mol.